The summed E-state index contributed by atoms with van der Waals surface area (Å²) in [5.41, 5.74) is 0.0250. The van der Waals surface area contributed by atoms with Crippen LogP contribution in [0.5, 0.6) is 0 Å². The van der Waals surface area contributed by atoms with Gasteiger partial charge in [0.1, 0.15) is 11.9 Å². The number of rotatable bonds is 2. The Balaban J connectivity index is 2.83. The van der Waals surface area contributed by atoms with Crippen molar-refractivity contribution in [1.29, 1.82) is 0 Å². The Morgan fingerprint density at radius 1 is 1.47 bits per heavy atom. The molecule has 1 aliphatic rings. The average molecular weight is 255 g/mol. The molecule has 0 unspecified atom stereocenters. The van der Waals surface area contributed by atoms with Crippen LogP contribution < -0.4 is 0 Å². The highest BCUT2D eigenvalue weighted by Gasteiger charge is 2.26. The molecule has 0 fully saturated rings. The normalized spacial score (nSPS) is 16.1. The number of thioether (sulfide) groups is 1. The maximum absolute atomic E-state index is 12.0. The second-order valence-electron chi connectivity index (χ2n) is 4.63. The lowest BCUT2D eigenvalue weighted by Gasteiger charge is -2.29. The van der Waals surface area contributed by atoms with Crippen LogP contribution in [0.3, 0.4) is 0 Å². The minimum absolute atomic E-state index is 0.269. The monoisotopic (exact) mass is 255 g/mol. The van der Waals surface area contributed by atoms with Crippen LogP contribution in [0.25, 0.3) is 0 Å². The van der Waals surface area contributed by atoms with Gasteiger partial charge in [-0.3, -0.25) is 9.69 Å². The number of allylic oxidation sites excluding steroid dienone is 2. The minimum atomic E-state index is -0.539. The molecule has 0 saturated heterocycles. The van der Waals surface area contributed by atoms with Crippen molar-refractivity contribution in [3.8, 4) is 0 Å². The van der Waals surface area contributed by atoms with Crippen molar-refractivity contribution in [3.63, 3.8) is 0 Å². The van der Waals surface area contributed by atoms with Gasteiger partial charge in [-0.25, -0.2) is 4.79 Å². The van der Waals surface area contributed by atoms with Gasteiger partial charge in [-0.2, -0.15) is 0 Å². The molecule has 0 N–H and O–H groups in total. The van der Waals surface area contributed by atoms with Crippen LogP contribution in [0, 0.1) is 0 Å². The van der Waals surface area contributed by atoms with Gasteiger partial charge in [-0.05, 0) is 33.1 Å². The van der Waals surface area contributed by atoms with E-state index in [1.165, 1.54) is 16.7 Å². The smallest absolute Gasteiger partial charge is 0.415 e. The van der Waals surface area contributed by atoms with Crippen molar-refractivity contribution >= 4 is 24.1 Å². The van der Waals surface area contributed by atoms with E-state index < -0.39 is 11.7 Å². The first kappa shape index (κ1) is 13.8. The van der Waals surface area contributed by atoms with Crippen LogP contribution in [0.1, 0.15) is 20.8 Å². The topological polar surface area (TPSA) is 46.6 Å². The summed E-state index contributed by atoms with van der Waals surface area (Å²) in [5.74, 6) is 0. The Hall–Kier alpha value is -1.23. The van der Waals surface area contributed by atoms with Crippen LogP contribution in [-0.2, 0) is 9.53 Å². The molecule has 1 heterocycles. The fourth-order valence-electron chi connectivity index (χ4n) is 1.31. The summed E-state index contributed by atoms with van der Waals surface area (Å²) >= 11 is 1.45. The first-order chi connectivity index (χ1) is 7.87. The highest BCUT2D eigenvalue weighted by molar-refractivity contribution is 8.02. The Morgan fingerprint density at radius 3 is 2.59 bits per heavy atom. The number of aldehydes is 1. The fraction of sp³-hybridized carbons (Fsp3) is 0.500. The fourth-order valence-corrected chi connectivity index (χ4v) is 1.87. The molecule has 1 amide bonds. The van der Waals surface area contributed by atoms with Gasteiger partial charge in [-0.15, -0.1) is 11.8 Å². The lowest BCUT2D eigenvalue weighted by Crippen LogP contribution is -2.37. The molecule has 1 aliphatic heterocycles. The van der Waals surface area contributed by atoms with Gasteiger partial charge in [0.05, 0.1) is 11.6 Å². The predicted octanol–water partition coefficient (Wildman–Crippen LogP) is 2.57. The van der Waals surface area contributed by atoms with Crippen molar-refractivity contribution in [1.82, 2.24) is 4.90 Å². The van der Waals surface area contributed by atoms with Crippen LogP contribution in [0.4, 0.5) is 4.79 Å². The molecule has 0 aromatic carbocycles. The van der Waals surface area contributed by atoms with Gasteiger partial charge < -0.3 is 4.74 Å². The van der Waals surface area contributed by atoms with E-state index in [0.717, 1.165) is 11.3 Å². The zero-order valence-corrected chi connectivity index (χ0v) is 11.3. The Labute approximate surface area is 106 Å². The van der Waals surface area contributed by atoms with Gasteiger partial charge in [0.25, 0.3) is 0 Å². The molecule has 0 bridgehead atoms. The Morgan fingerprint density at radius 2 is 2.12 bits per heavy atom. The summed E-state index contributed by atoms with van der Waals surface area (Å²) < 4.78 is 5.29. The predicted molar refractivity (Wildman–Crippen MR) is 68.7 cm³/mol. The SMILES string of the molecule is CSC1=CC=C(C=O)CN1C(=O)OC(C)(C)C. The highest BCUT2D eigenvalue weighted by atomic mass is 32.2. The molecule has 0 aromatic rings. The van der Waals surface area contributed by atoms with E-state index in [1.807, 2.05) is 27.0 Å². The summed E-state index contributed by atoms with van der Waals surface area (Å²) in [6, 6.07) is 0. The molecular formula is C12H17NO3S. The molecule has 0 spiro atoms. The summed E-state index contributed by atoms with van der Waals surface area (Å²) in [6.07, 6.45) is 5.68. The molecule has 4 nitrogen and oxygen atoms in total. The minimum Gasteiger partial charge on any atom is -0.443 e. The molecule has 94 valence electrons. The first-order valence-electron chi connectivity index (χ1n) is 5.28. The standard InChI is InChI=1S/C12H17NO3S/c1-12(2,3)16-11(15)13-7-9(8-14)5-6-10(13)17-4/h5-6,8H,7H2,1-4H3. The van der Waals surface area contributed by atoms with Gasteiger partial charge in [-0.1, -0.05) is 6.08 Å². The Bertz CT molecular complexity index is 380. The molecule has 0 saturated carbocycles. The van der Waals surface area contributed by atoms with Crippen LogP contribution in [0.15, 0.2) is 22.8 Å². The van der Waals surface area contributed by atoms with Gasteiger partial charge in [0, 0.05) is 5.57 Å². The largest absolute Gasteiger partial charge is 0.443 e. The quantitative estimate of drug-likeness (QED) is 0.711. The zero-order valence-electron chi connectivity index (χ0n) is 10.5. The van der Waals surface area contributed by atoms with Gasteiger partial charge in [0.15, 0.2) is 0 Å². The third-order valence-electron chi connectivity index (χ3n) is 2.02. The van der Waals surface area contributed by atoms with Crippen molar-refractivity contribution < 1.29 is 14.3 Å². The summed E-state index contributed by atoms with van der Waals surface area (Å²) in [7, 11) is 0. The van der Waals surface area contributed by atoms with E-state index in [1.54, 1.807) is 12.2 Å². The molecule has 17 heavy (non-hydrogen) atoms. The lowest BCUT2D eigenvalue weighted by molar-refractivity contribution is -0.105. The number of amides is 1. The maximum atomic E-state index is 12.0. The van der Waals surface area contributed by atoms with E-state index in [2.05, 4.69) is 0 Å². The molecule has 0 aliphatic carbocycles. The van der Waals surface area contributed by atoms with Crippen molar-refractivity contribution in [2.24, 2.45) is 0 Å². The van der Waals surface area contributed by atoms with Crippen molar-refractivity contribution in [3.05, 3.63) is 22.8 Å². The van der Waals surface area contributed by atoms with E-state index >= 15 is 0 Å². The number of ether oxygens (including phenoxy) is 1. The summed E-state index contributed by atoms with van der Waals surface area (Å²) in [6.45, 7) is 5.71. The number of hydrogen-bond donors (Lipinski definition) is 0. The van der Waals surface area contributed by atoms with Gasteiger partial charge in [0.2, 0.25) is 0 Å². The number of hydrogen-bond acceptors (Lipinski definition) is 4. The molecule has 0 radical (unpaired) electrons. The second kappa shape index (κ2) is 5.40. The van der Waals surface area contributed by atoms with Gasteiger partial charge >= 0.3 is 6.09 Å². The third kappa shape index (κ3) is 3.93. The van der Waals surface area contributed by atoms with E-state index in [4.69, 9.17) is 4.74 Å². The number of nitrogens with zero attached hydrogens (tertiary/aromatic N) is 1. The third-order valence-corrected chi connectivity index (χ3v) is 2.80. The van der Waals surface area contributed by atoms with Crippen LogP contribution in [-0.4, -0.2) is 35.7 Å². The first-order valence-corrected chi connectivity index (χ1v) is 6.50. The van der Waals surface area contributed by atoms with Crippen molar-refractivity contribution in [2.75, 3.05) is 12.8 Å². The van der Waals surface area contributed by atoms with Crippen molar-refractivity contribution in [2.45, 2.75) is 26.4 Å². The highest BCUT2D eigenvalue weighted by Crippen LogP contribution is 2.24. The number of carbonyl (C=O) groups excluding carboxylic acids is 2. The molecule has 1 rings (SSSR count). The van der Waals surface area contributed by atoms with E-state index in [9.17, 15) is 9.59 Å². The second-order valence-corrected chi connectivity index (χ2v) is 5.46. The van der Waals surface area contributed by atoms with Crippen LogP contribution in [0.2, 0.25) is 0 Å². The Kier molecular flexibility index (Phi) is 4.40. The summed E-state index contributed by atoms with van der Waals surface area (Å²) in [5, 5.41) is 0.782. The van der Waals surface area contributed by atoms with E-state index in [0.29, 0.717) is 5.57 Å². The molecule has 0 aromatic heterocycles. The maximum Gasteiger partial charge on any atom is 0.415 e. The van der Waals surface area contributed by atoms with E-state index in [-0.39, 0.29) is 6.54 Å². The van der Waals surface area contributed by atoms with Crippen LogP contribution >= 0.6 is 11.8 Å². The molecule has 5 heteroatoms. The average Bonchev–Trinajstić information content (AvgIpc) is 2.25. The summed E-state index contributed by atoms with van der Waals surface area (Å²) in [4.78, 5) is 24.1. The lowest BCUT2D eigenvalue weighted by atomic mass is 10.2. The molecular weight excluding hydrogens is 238 g/mol. The molecule has 0 atom stereocenters. The number of carbonyl (C=O) groups is 2. The zero-order chi connectivity index (χ0) is 13.1.